The van der Waals surface area contributed by atoms with E-state index >= 15 is 0 Å². The van der Waals surface area contributed by atoms with Gasteiger partial charge >= 0.3 is 0 Å². The molecule has 0 radical (unpaired) electrons. The number of carbonyl (C=O) groups is 2. The van der Waals surface area contributed by atoms with Gasteiger partial charge < -0.3 is 4.74 Å². The molecule has 2 aliphatic rings. The maximum Gasteiger partial charge on any atom is 0.239 e. The van der Waals surface area contributed by atoms with E-state index in [1.807, 2.05) is 30.3 Å². The number of rotatable bonds is 3. The van der Waals surface area contributed by atoms with Crippen molar-refractivity contribution in [1.29, 1.82) is 0 Å². The molecule has 104 valence electrons. The molecule has 1 amide bonds. The average Bonchev–Trinajstić information content (AvgIpc) is 3.05. The lowest BCUT2D eigenvalue weighted by molar-refractivity contribution is -0.128. The van der Waals surface area contributed by atoms with E-state index in [-0.39, 0.29) is 17.6 Å². The van der Waals surface area contributed by atoms with Crippen molar-refractivity contribution in [1.82, 2.24) is 5.01 Å². The Labute approximate surface area is 117 Å². The van der Waals surface area contributed by atoms with Crippen molar-refractivity contribution in [2.75, 3.05) is 13.2 Å². The molecule has 2 atom stereocenters. The van der Waals surface area contributed by atoms with Gasteiger partial charge in [-0.05, 0) is 12.5 Å². The molecular weight excluding hydrogens is 256 g/mol. The van der Waals surface area contributed by atoms with Gasteiger partial charge in [0.05, 0.1) is 19.1 Å². The number of hydrogen-bond donors (Lipinski definition) is 0. The lowest BCUT2D eigenvalue weighted by atomic mass is 9.88. The van der Waals surface area contributed by atoms with Gasteiger partial charge in [0, 0.05) is 6.92 Å². The van der Waals surface area contributed by atoms with Crippen LogP contribution in [0.1, 0.15) is 25.3 Å². The van der Waals surface area contributed by atoms with Crippen molar-refractivity contribution in [2.45, 2.75) is 25.4 Å². The van der Waals surface area contributed by atoms with Crippen LogP contribution in [-0.2, 0) is 14.3 Å². The summed E-state index contributed by atoms with van der Waals surface area (Å²) < 4.78 is 5.22. The molecule has 0 spiro atoms. The number of ether oxygens (including phenoxy) is 1. The molecule has 20 heavy (non-hydrogen) atoms. The summed E-state index contributed by atoms with van der Waals surface area (Å²) in [6, 6.07) is 9.66. The van der Waals surface area contributed by atoms with Gasteiger partial charge in [-0.15, -0.1) is 0 Å². The number of hydrazone groups is 1. The monoisotopic (exact) mass is 272 g/mol. The first-order chi connectivity index (χ1) is 9.51. The third-order valence-corrected chi connectivity index (χ3v) is 3.77. The molecule has 2 heterocycles. The van der Waals surface area contributed by atoms with Crippen molar-refractivity contribution < 1.29 is 14.3 Å². The van der Waals surface area contributed by atoms with Gasteiger partial charge in [0.1, 0.15) is 5.71 Å². The highest BCUT2D eigenvalue weighted by atomic mass is 16.6. The molecular formula is C15H16N2O3. The first-order valence-corrected chi connectivity index (χ1v) is 6.61. The average molecular weight is 272 g/mol. The van der Waals surface area contributed by atoms with Gasteiger partial charge in [0.15, 0.2) is 5.60 Å². The van der Waals surface area contributed by atoms with Gasteiger partial charge in [-0.3, -0.25) is 9.59 Å². The number of carbonyl (C=O) groups excluding carboxylic acids is 2. The topological polar surface area (TPSA) is 62.3 Å². The second kappa shape index (κ2) is 4.52. The molecule has 2 aliphatic heterocycles. The Hall–Kier alpha value is -2.01. The SMILES string of the molecule is CC(=O)N1C[C@@H](c2ccccc2)C(C(=O)[C@]2(C)CO2)=N1. The zero-order chi connectivity index (χ0) is 14.3. The van der Waals surface area contributed by atoms with Crippen molar-refractivity contribution >= 4 is 17.4 Å². The van der Waals surface area contributed by atoms with E-state index in [2.05, 4.69) is 5.10 Å². The van der Waals surface area contributed by atoms with E-state index in [1.54, 1.807) is 6.92 Å². The number of ketones is 1. The third-order valence-electron chi connectivity index (χ3n) is 3.77. The summed E-state index contributed by atoms with van der Waals surface area (Å²) in [5.41, 5.74) is 0.664. The van der Waals surface area contributed by atoms with E-state index < -0.39 is 5.60 Å². The van der Waals surface area contributed by atoms with Crippen LogP contribution in [0.4, 0.5) is 0 Å². The third kappa shape index (κ3) is 2.14. The zero-order valence-electron chi connectivity index (χ0n) is 11.5. The molecule has 5 heteroatoms. The number of hydrogen-bond acceptors (Lipinski definition) is 4. The molecule has 0 aliphatic carbocycles. The van der Waals surface area contributed by atoms with Gasteiger partial charge in [-0.1, -0.05) is 30.3 Å². The summed E-state index contributed by atoms with van der Waals surface area (Å²) in [5.74, 6) is -0.445. The van der Waals surface area contributed by atoms with Gasteiger partial charge in [0.2, 0.25) is 11.7 Å². The van der Waals surface area contributed by atoms with E-state index in [1.165, 1.54) is 11.9 Å². The van der Waals surface area contributed by atoms with Crippen molar-refractivity contribution in [2.24, 2.45) is 5.10 Å². The fraction of sp³-hybridized carbons (Fsp3) is 0.400. The van der Waals surface area contributed by atoms with E-state index in [0.29, 0.717) is 18.9 Å². The predicted molar refractivity (Wildman–Crippen MR) is 73.4 cm³/mol. The Bertz CT molecular complexity index is 590. The fourth-order valence-electron chi connectivity index (χ4n) is 2.36. The predicted octanol–water partition coefficient (Wildman–Crippen LogP) is 1.35. The molecule has 0 unspecified atom stereocenters. The van der Waals surface area contributed by atoms with Crippen molar-refractivity contribution in [3.8, 4) is 0 Å². The molecule has 5 nitrogen and oxygen atoms in total. The van der Waals surface area contributed by atoms with E-state index in [4.69, 9.17) is 4.74 Å². The van der Waals surface area contributed by atoms with Gasteiger partial charge in [-0.25, -0.2) is 5.01 Å². The molecule has 1 aromatic rings. The number of amides is 1. The van der Waals surface area contributed by atoms with E-state index in [0.717, 1.165) is 5.56 Å². The summed E-state index contributed by atoms with van der Waals surface area (Å²) in [6.45, 7) is 4.05. The smallest absolute Gasteiger partial charge is 0.239 e. The standard InChI is InChI=1S/C15H16N2O3/c1-10(18)17-8-12(11-6-4-3-5-7-11)13(16-17)14(19)15(2)9-20-15/h3-7,12H,8-9H2,1-2H3/t12-,15-/m0/s1. The van der Waals surface area contributed by atoms with Crippen LogP contribution in [0.25, 0.3) is 0 Å². The lowest BCUT2D eigenvalue weighted by Gasteiger charge is -2.14. The Morgan fingerprint density at radius 1 is 1.35 bits per heavy atom. The maximum absolute atomic E-state index is 12.5. The quantitative estimate of drug-likeness (QED) is 0.780. The van der Waals surface area contributed by atoms with E-state index in [9.17, 15) is 9.59 Å². The number of benzene rings is 1. The van der Waals surface area contributed by atoms with Crippen LogP contribution < -0.4 is 0 Å². The van der Waals surface area contributed by atoms with Crippen LogP contribution in [-0.4, -0.2) is 41.2 Å². The zero-order valence-corrected chi connectivity index (χ0v) is 11.5. The van der Waals surface area contributed by atoms with Gasteiger partial charge in [0.25, 0.3) is 0 Å². The highest BCUT2D eigenvalue weighted by Crippen LogP contribution is 2.33. The Kier molecular flexibility index (Phi) is 2.94. The Morgan fingerprint density at radius 3 is 2.55 bits per heavy atom. The van der Waals surface area contributed by atoms with Crippen molar-refractivity contribution in [3.63, 3.8) is 0 Å². The molecule has 0 saturated carbocycles. The highest BCUT2D eigenvalue weighted by molar-refractivity contribution is 6.45. The summed E-state index contributed by atoms with van der Waals surface area (Å²) in [4.78, 5) is 24.0. The molecule has 0 N–H and O–H groups in total. The van der Waals surface area contributed by atoms with Crippen LogP contribution in [0.3, 0.4) is 0 Å². The first kappa shape index (κ1) is 13.0. The maximum atomic E-state index is 12.5. The highest BCUT2D eigenvalue weighted by Gasteiger charge is 2.51. The van der Waals surface area contributed by atoms with Crippen LogP contribution in [0, 0.1) is 0 Å². The molecule has 1 saturated heterocycles. The largest absolute Gasteiger partial charge is 0.361 e. The summed E-state index contributed by atoms with van der Waals surface area (Å²) >= 11 is 0. The summed E-state index contributed by atoms with van der Waals surface area (Å²) in [7, 11) is 0. The van der Waals surface area contributed by atoms with Crippen molar-refractivity contribution in [3.05, 3.63) is 35.9 Å². The second-order valence-corrected chi connectivity index (χ2v) is 5.40. The summed E-state index contributed by atoms with van der Waals surface area (Å²) in [5, 5.41) is 5.58. The van der Waals surface area contributed by atoms with Gasteiger partial charge in [-0.2, -0.15) is 5.10 Å². The molecule has 0 bridgehead atoms. The van der Waals surface area contributed by atoms with Crippen LogP contribution in [0.5, 0.6) is 0 Å². The Balaban J connectivity index is 1.95. The Morgan fingerprint density at radius 2 is 2.00 bits per heavy atom. The molecule has 0 aromatic heterocycles. The molecule has 1 fully saturated rings. The minimum Gasteiger partial charge on any atom is -0.361 e. The molecule has 3 rings (SSSR count). The fourth-order valence-corrected chi connectivity index (χ4v) is 2.36. The first-order valence-electron chi connectivity index (χ1n) is 6.61. The summed E-state index contributed by atoms with van der Waals surface area (Å²) in [6.07, 6.45) is 0. The van der Waals surface area contributed by atoms with Crippen LogP contribution in [0.2, 0.25) is 0 Å². The number of epoxide rings is 1. The van der Waals surface area contributed by atoms with Crippen LogP contribution >= 0.6 is 0 Å². The minimum atomic E-state index is -0.751. The lowest BCUT2D eigenvalue weighted by Crippen LogP contribution is -2.32. The second-order valence-electron chi connectivity index (χ2n) is 5.40. The number of Topliss-reactive ketones (excluding diaryl/α,β-unsaturated/α-hetero) is 1. The van der Waals surface area contributed by atoms with Crippen LogP contribution in [0.15, 0.2) is 35.4 Å². The minimum absolute atomic E-state index is 0.116. The molecule has 1 aromatic carbocycles. The number of nitrogens with zero attached hydrogens (tertiary/aromatic N) is 2. The normalized spacial score (nSPS) is 28.2.